The average Bonchev–Trinajstić information content (AvgIpc) is 2.98. The molecule has 4 aromatic rings. The van der Waals surface area contributed by atoms with Gasteiger partial charge in [-0.25, -0.2) is 8.42 Å². The van der Waals surface area contributed by atoms with E-state index >= 15 is 0 Å². The zero-order valence-electron chi connectivity index (χ0n) is 26.7. The Labute approximate surface area is 266 Å². The Bertz CT molecular complexity index is 1720. The molecule has 4 rings (SSSR count). The monoisotopic (exact) mass is 627 g/mol. The Kier molecular flexibility index (Phi) is 10.3. The summed E-state index contributed by atoms with van der Waals surface area (Å²) < 4.78 is 35.2. The van der Waals surface area contributed by atoms with Crippen LogP contribution in [0.25, 0.3) is 0 Å². The molecule has 0 saturated heterocycles. The largest absolute Gasteiger partial charge is 0.457 e. The first-order valence-electron chi connectivity index (χ1n) is 14.8. The third-order valence-electron chi connectivity index (χ3n) is 7.09. The van der Waals surface area contributed by atoms with Crippen molar-refractivity contribution in [2.24, 2.45) is 0 Å². The van der Waals surface area contributed by atoms with E-state index in [1.165, 1.54) is 17.0 Å². The number of hydrogen-bond acceptors (Lipinski definition) is 5. The van der Waals surface area contributed by atoms with E-state index in [2.05, 4.69) is 5.32 Å². The van der Waals surface area contributed by atoms with Gasteiger partial charge in [0.25, 0.3) is 10.0 Å². The number of nitrogens with zero attached hydrogens (tertiary/aromatic N) is 2. The number of para-hydroxylation sites is 1. The first-order chi connectivity index (χ1) is 21.2. The van der Waals surface area contributed by atoms with Crippen LogP contribution >= 0.6 is 0 Å². The van der Waals surface area contributed by atoms with Crippen LogP contribution in [0.4, 0.5) is 5.69 Å². The lowest BCUT2D eigenvalue weighted by atomic mass is 10.1. The lowest BCUT2D eigenvalue weighted by Gasteiger charge is -2.33. The molecule has 0 aliphatic carbocycles. The molecule has 8 nitrogen and oxygen atoms in total. The third kappa shape index (κ3) is 8.95. The van der Waals surface area contributed by atoms with Gasteiger partial charge in [-0.2, -0.15) is 0 Å². The normalized spacial score (nSPS) is 12.2. The fourth-order valence-electron chi connectivity index (χ4n) is 4.74. The summed E-state index contributed by atoms with van der Waals surface area (Å²) in [6.07, 6.45) is 0. The molecule has 0 aliphatic heterocycles. The Morgan fingerprint density at radius 2 is 1.42 bits per heavy atom. The van der Waals surface area contributed by atoms with Crippen molar-refractivity contribution in [1.82, 2.24) is 10.2 Å². The van der Waals surface area contributed by atoms with Gasteiger partial charge in [0.15, 0.2) is 0 Å². The smallest absolute Gasteiger partial charge is 0.264 e. The van der Waals surface area contributed by atoms with Crippen molar-refractivity contribution in [3.05, 3.63) is 120 Å². The molecule has 236 valence electrons. The minimum atomic E-state index is -4.18. The van der Waals surface area contributed by atoms with E-state index in [9.17, 15) is 18.0 Å². The molecule has 0 saturated carbocycles. The number of benzene rings is 4. The Hall–Kier alpha value is -4.63. The zero-order chi connectivity index (χ0) is 32.8. The van der Waals surface area contributed by atoms with Crippen molar-refractivity contribution >= 4 is 27.5 Å². The Morgan fingerprint density at radius 3 is 2.02 bits per heavy atom. The van der Waals surface area contributed by atoms with E-state index < -0.39 is 34.1 Å². The number of nitrogens with one attached hydrogen (secondary N) is 1. The number of sulfonamides is 1. The summed E-state index contributed by atoms with van der Waals surface area (Å²) in [7, 11) is -4.18. The van der Waals surface area contributed by atoms with Crippen molar-refractivity contribution in [2.45, 2.75) is 64.6 Å². The van der Waals surface area contributed by atoms with E-state index in [0.717, 1.165) is 21.0 Å². The fraction of sp³-hybridized carbons (Fsp3) is 0.278. The summed E-state index contributed by atoms with van der Waals surface area (Å²) in [4.78, 5) is 29.0. The summed E-state index contributed by atoms with van der Waals surface area (Å²) in [6, 6.07) is 29.1. The molecule has 0 aromatic heterocycles. The molecule has 0 bridgehead atoms. The summed E-state index contributed by atoms with van der Waals surface area (Å²) >= 11 is 0. The van der Waals surface area contributed by atoms with E-state index in [0.29, 0.717) is 11.5 Å². The Morgan fingerprint density at radius 1 is 0.800 bits per heavy atom. The van der Waals surface area contributed by atoms with E-state index in [-0.39, 0.29) is 23.0 Å². The van der Waals surface area contributed by atoms with Crippen LogP contribution < -0.4 is 14.4 Å². The molecule has 2 amide bonds. The van der Waals surface area contributed by atoms with Crippen LogP contribution in [0.5, 0.6) is 11.5 Å². The molecular weight excluding hydrogens is 586 g/mol. The number of aryl methyl sites for hydroxylation is 2. The van der Waals surface area contributed by atoms with Crippen LogP contribution in [-0.2, 0) is 26.2 Å². The number of ether oxygens (including phenoxy) is 1. The summed E-state index contributed by atoms with van der Waals surface area (Å²) in [6.45, 7) is 10.7. The van der Waals surface area contributed by atoms with Gasteiger partial charge in [0.1, 0.15) is 24.1 Å². The highest BCUT2D eigenvalue weighted by Gasteiger charge is 2.33. The number of anilines is 1. The molecule has 0 aliphatic rings. The maximum atomic E-state index is 14.2. The van der Waals surface area contributed by atoms with Gasteiger partial charge in [0.05, 0.1) is 10.6 Å². The third-order valence-corrected chi connectivity index (χ3v) is 8.88. The average molecular weight is 628 g/mol. The van der Waals surface area contributed by atoms with Crippen molar-refractivity contribution in [2.75, 3.05) is 10.8 Å². The summed E-state index contributed by atoms with van der Waals surface area (Å²) in [5.41, 5.74) is 2.50. The van der Waals surface area contributed by atoms with Gasteiger partial charge in [-0.05, 0) is 95.6 Å². The van der Waals surface area contributed by atoms with Gasteiger partial charge in [-0.3, -0.25) is 13.9 Å². The molecule has 45 heavy (non-hydrogen) atoms. The molecule has 0 radical (unpaired) electrons. The molecular formula is C36H41N3O5S. The SMILES string of the molecule is Cc1ccc(S(=O)(=O)N(CC(=O)N(Cc2cccc(C)c2)[C@H](C)C(=O)NC(C)(C)C)c2ccc(Oc3ccccc3)cc2)cc1. The highest BCUT2D eigenvalue weighted by Crippen LogP contribution is 2.29. The van der Waals surface area contributed by atoms with Crippen molar-refractivity contribution in [3.63, 3.8) is 0 Å². The van der Waals surface area contributed by atoms with Gasteiger partial charge < -0.3 is 15.0 Å². The number of rotatable bonds is 11. The second-order valence-electron chi connectivity index (χ2n) is 12.2. The number of carbonyl (C=O) groups excluding carboxylic acids is 2. The quantitative estimate of drug-likeness (QED) is 0.202. The lowest BCUT2D eigenvalue weighted by molar-refractivity contribution is -0.140. The van der Waals surface area contributed by atoms with Gasteiger partial charge in [0.2, 0.25) is 11.8 Å². The predicted molar refractivity (Wildman–Crippen MR) is 178 cm³/mol. The summed E-state index contributed by atoms with van der Waals surface area (Å²) in [5.74, 6) is 0.295. The van der Waals surface area contributed by atoms with Gasteiger partial charge in [-0.15, -0.1) is 0 Å². The molecule has 4 aromatic carbocycles. The minimum Gasteiger partial charge on any atom is -0.457 e. The van der Waals surface area contributed by atoms with Crippen molar-refractivity contribution in [1.29, 1.82) is 0 Å². The van der Waals surface area contributed by atoms with Crippen LogP contribution in [-0.4, -0.2) is 43.3 Å². The van der Waals surface area contributed by atoms with Crippen LogP contribution in [0.1, 0.15) is 44.4 Å². The molecule has 9 heteroatoms. The number of hydrogen-bond donors (Lipinski definition) is 1. The van der Waals surface area contributed by atoms with Crippen LogP contribution in [0.2, 0.25) is 0 Å². The maximum absolute atomic E-state index is 14.2. The first kappa shape index (κ1) is 33.3. The predicted octanol–water partition coefficient (Wildman–Crippen LogP) is 6.62. The fourth-order valence-corrected chi connectivity index (χ4v) is 6.15. The van der Waals surface area contributed by atoms with Crippen LogP contribution in [0, 0.1) is 13.8 Å². The van der Waals surface area contributed by atoms with Gasteiger partial charge in [0, 0.05) is 12.1 Å². The zero-order valence-corrected chi connectivity index (χ0v) is 27.5. The topological polar surface area (TPSA) is 96.0 Å². The molecule has 0 fully saturated rings. The minimum absolute atomic E-state index is 0.0503. The molecule has 0 spiro atoms. The van der Waals surface area contributed by atoms with Crippen molar-refractivity contribution < 1.29 is 22.7 Å². The van der Waals surface area contributed by atoms with Crippen LogP contribution in [0.15, 0.2) is 108 Å². The summed E-state index contributed by atoms with van der Waals surface area (Å²) in [5, 5.41) is 2.95. The van der Waals surface area contributed by atoms with Gasteiger partial charge in [-0.1, -0.05) is 65.7 Å². The highest BCUT2D eigenvalue weighted by molar-refractivity contribution is 7.92. The van der Waals surface area contributed by atoms with E-state index in [4.69, 9.17) is 4.74 Å². The second-order valence-corrected chi connectivity index (χ2v) is 14.0. The molecule has 0 heterocycles. The number of carbonyl (C=O) groups is 2. The standard InChI is InChI=1S/C36H41N3O5S/c1-26-15-21-33(22-16-26)45(42,43)39(30-17-19-32(20-18-30)44-31-13-8-7-9-14-31)25-34(40)38(24-29-12-10-11-27(2)23-29)28(3)35(41)37-36(4,5)6/h7-23,28H,24-25H2,1-6H3,(H,37,41)/t28-/m1/s1. The molecule has 0 unspecified atom stereocenters. The van der Waals surface area contributed by atoms with Crippen LogP contribution in [0.3, 0.4) is 0 Å². The Balaban J connectivity index is 1.71. The van der Waals surface area contributed by atoms with Gasteiger partial charge >= 0.3 is 0 Å². The maximum Gasteiger partial charge on any atom is 0.264 e. The second kappa shape index (κ2) is 14.0. The lowest BCUT2D eigenvalue weighted by Crippen LogP contribution is -2.54. The van der Waals surface area contributed by atoms with Crippen molar-refractivity contribution in [3.8, 4) is 11.5 Å². The molecule has 1 N–H and O–H groups in total. The first-order valence-corrected chi connectivity index (χ1v) is 16.3. The van der Waals surface area contributed by atoms with E-state index in [1.54, 1.807) is 43.3 Å². The molecule has 1 atom stereocenters. The highest BCUT2D eigenvalue weighted by atomic mass is 32.2. The van der Waals surface area contributed by atoms with E-state index in [1.807, 2.05) is 89.2 Å². The number of amides is 2.